The molecule has 1 atom stereocenters. The summed E-state index contributed by atoms with van der Waals surface area (Å²) in [6, 6.07) is 11.5. The van der Waals surface area contributed by atoms with E-state index in [-0.39, 0.29) is 0 Å². The Labute approximate surface area is 142 Å². The van der Waals surface area contributed by atoms with Crippen LogP contribution in [0.15, 0.2) is 45.3 Å². The van der Waals surface area contributed by atoms with Gasteiger partial charge >= 0.3 is 0 Å². The molecule has 2 rings (SSSR count). The van der Waals surface area contributed by atoms with Crippen molar-refractivity contribution in [2.75, 3.05) is 7.11 Å². The van der Waals surface area contributed by atoms with Crippen molar-refractivity contribution in [1.82, 2.24) is 0 Å². The number of hydrogen-bond donors (Lipinski definition) is 1. The van der Waals surface area contributed by atoms with Crippen molar-refractivity contribution < 1.29 is 9.84 Å². The zero-order chi connectivity index (χ0) is 14.0. The molecule has 0 aliphatic rings. The predicted octanol–water partition coefficient (Wildman–Crippen LogP) is 4.91. The van der Waals surface area contributed by atoms with Gasteiger partial charge in [-0.25, -0.2) is 0 Å². The lowest BCUT2D eigenvalue weighted by Crippen LogP contribution is -2.02. The highest BCUT2D eigenvalue weighted by Crippen LogP contribution is 2.33. The first-order valence-electron chi connectivity index (χ1n) is 5.49. The summed E-state index contributed by atoms with van der Waals surface area (Å²) >= 11 is 9.09. The summed E-state index contributed by atoms with van der Waals surface area (Å²) in [6.45, 7) is 0. The van der Waals surface area contributed by atoms with Crippen LogP contribution >= 0.6 is 54.5 Å². The van der Waals surface area contributed by atoms with Gasteiger partial charge < -0.3 is 9.84 Å². The van der Waals surface area contributed by atoms with Gasteiger partial charge in [-0.2, -0.15) is 0 Å². The fourth-order valence-electron chi connectivity index (χ4n) is 1.76. The normalized spacial score (nSPS) is 12.3. The molecule has 0 saturated heterocycles. The van der Waals surface area contributed by atoms with E-state index in [2.05, 4.69) is 54.5 Å². The molecule has 2 nitrogen and oxygen atoms in total. The van der Waals surface area contributed by atoms with Gasteiger partial charge in [0.05, 0.1) is 11.6 Å². The highest BCUT2D eigenvalue weighted by molar-refractivity contribution is 14.1. The molecule has 100 valence electrons. The Balaban J connectivity index is 2.41. The molecule has 0 heterocycles. The molecule has 5 heteroatoms. The van der Waals surface area contributed by atoms with Crippen LogP contribution in [0.3, 0.4) is 0 Å². The molecule has 1 unspecified atom stereocenters. The van der Waals surface area contributed by atoms with E-state index < -0.39 is 6.10 Å². The van der Waals surface area contributed by atoms with Crippen molar-refractivity contribution >= 4 is 54.5 Å². The lowest BCUT2D eigenvalue weighted by Gasteiger charge is -2.15. The number of methoxy groups -OCH3 is 1. The highest BCUT2D eigenvalue weighted by Gasteiger charge is 2.15. The maximum absolute atomic E-state index is 10.5. The van der Waals surface area contributed by atoms with Crippen molar-refractivity contribution in [2.24, 2.45) is 0 Å². The summed E-state index contributed by atoms with van der Waals surface area (Å²) in [6.07, 6.45) is -0.661. The van der Waals surface area contributed by atoms with Crippen LogP contribution in [-0.2, 0) is 0 Å². The molecule has 0 aliphatic heterocycles. The van der Waals surface area contributed by atoms with Crippen molar-refractivity contribution in [3.8, 4) is 5.75 Å². The third-order valence-electron chi connectivity index (χ3n) is 2.74. The fourth-order valence-corrected chi connectivity index (χ4v) is 3.32. The minimum absolute atomic E-state index is 0.661. The molecule has 19 heavy (non-hydrogen) atoms. The molecule has 0 saturated carbocycles. The van der Waals surface area contributed by atoms with Crippen molar-refractivity contribution in [3.63, 3.8) is 0 Å². The number of hydrogen-bond acceptors (Lipinski definition) is 2. The van der Waals surface area contributed by atoms with Gasteiger partial charge in [-0.15, -0.1) is 0 Å². The number of halogens is 3. The van der Waals surface area contributed by atoms with Crippen LogP contribution in [0.5, 0.6) is 5.75 Å². The van der Waals surface area contributed by atoms with E-state index in [0.29, 0.717) is 0 Å². The summed E-state index contributed by atoms with van der Waals surface area (Å²) in [5, 5.41) is 10.5. The largest absolute Gasteiger partial charge is 0.496 e. The van der Waals surface area contributed by atoms with Crippen LogP contribution in [0.4, 0.5) is 0 Å². The van der Waals surface area contributed by atoms with Gasteiger partial charge in [0.25, 0.3) is 0 Å². The minimum Gasteiger partial charge on any atom is -0.496 e. The number of rotatable bonds is 3. The smallest absolute Gasteiger partial charge is 0.133 e. The Bertz CT molecular complexity index is 602. The Hall–Kier alpha value is -0.110. The van der Waals surface area contributed by atoms with Crippen molar-refractivity contribution in [2.45, 2.75) is 6.10 Å². The first-order chi connectivity index (χ1) is 9.02. The van der Waals surface area contributed by atoms with Gasteiger partial charge in [-0.1, -0.05) is 22.0 Å². The Kier molecular flexibility index (Phi) is 5.28. The Morgan fingerprint density at radius 3 is 2.53 bits per heavy atom. The zero-order valence-electron chi connectivity index (χ0n) is 10.0. The van der Waals surface area contributed by atoms with E-state index in [9.17, 15) is 5.11 Å². The molecular weight excluding hydrogens is 487 g/mol. The lowest BCUT2D eigenvalue weighted by atomic mass is 10.0. The standard InChI is InChI=1S/C14H11Br2IO2/c1-19-13-5-2-8(6-11(13)16)14(18)10-7-9(15)3-4-12(10)17/h2-7,14,18H,1H3. The van der Waals surface area contributed by atoms with Crippen LogP contribution in [0.25, 0.3) is 0 Å². The summed E-state index contributed by atoms with van der Waals surface area (Å²) in [7, 11) is 1.62. The van der Waals surface area contributed by atoms with Crippen molar-refractivity contribution in [1.29, 1.82) is 0 Å². The van der Waals surface area contributed by atoms with E-state index in [0.717, 1.165) is 29.4 Å². The van der Waals surface area contributed by atoms with Gasteiger partial charge in [0.15, 0.2) is 0 Å². The Morgan fingerprint density at radius 2 is 1.89 bits per heavy atom. The van der Waals surface area contributed by atoms with Crippen LogP contribution in [-0.4, -0.2) is 12.2 Å². The second-order valence-corrected chi connectivity index (χ2v) is 6.89. The molecule has 0 fully saturated rings. The predicted molar refractivity (Wildman–Crippen MR) is 91.6 cm³/mol. The van der Waals surface area contributed by atoms with Crippen LogP contribution in [0.1, 0.15) is 17.2 Å². The molecule has 0 amide bonds. The molecule has 0 spiro atoms. The number of aliphatic hydroxyl groups excluding tert-OH is 1. The number of ether oxygens (including phenoxy) is 1. The van der Waals surface area contributed by atoms with Crippen LogP contribution in [0.2, 0.25) is 0 Å². The third-order valence-corrected chi connectivity index (χ3v) is 4.84. The summed E-state index contributed by atoms with van der Waals surface area (Å²) in [5.74, 6) is 0.750. The molecular formula is C14H11Br2IO2. The SMILES string of the molecule is COc1ccc(C(O)c2cc(Br)ccc2I)cc1Br. The van der Waals surface area contributed by atoms with Gasteiger partial charge in [0.1, 0.15) is 11.9 Å². The molecule has 0 bridgehead atoms. The first kappa shape index (κ1) is 15.3. The average Bonchev–Trinajstić information content (AvgIpc) is 2.40. The highest BCUT2D eigenvalue weighted by atomic mass is 127. The quantitative estimate of drug-likeness (QED) is 0.611. The summed E-state index contributed by atoms with van der Waals surface area (Å²) in [4.78, 5) is 0. The summed E-state index contributed by atoms with van der Waals surface area (Å²) in [5.41, 5.74) is 1.70. The van der Waals surface area contributed by atoms with Gasteiger partial charge in [-0.05, 0) is 80.0 Å². The monoisotopic (exact) mass is 496 g/mol. The van der Waals surface area contributed by atoms with Crippen LogP contribution in [0, 0.1) is 3.57 Å². The second kappa shape index (κ2) is 6.56. The maximum Gasteiger partial charge on any atom is 0.133 e. The maximum atomic E-state index is 10.5. The average molecular weight is 498 g/mol. The van der Waals surface area contributed by atoms with Crippen molar-refractivity contribution in [3.05, 3.63) is 60.0 Å². The number of benzene rings is 2. The third kappa shape index (κ3) is 3.51. The van der Waals surface area contributed by atoms with Gasteiger partial charge in [0.2, 0.25) is 0 Å². The molecule has 0 aromatic heterocycles. The molecule has 2 aromatic carbocycles. The summed E-state index contributed by atoms with van der Waals surface area (Å²) < 4.78 is 8.00. The lowest BCUT2D eigenvalue weighted by molar-refractivity contribution is 0.219. The van der Waals surface area contributed by atoms with E-state index >= 15 is 0 Å². The minimum atomic E-state index is -0.661. The van der Waals surface area contributed by atoms with E-state index in [1.54, 1.807) is 7.11 Å². The zero-order valence-corrected chi connectivity index (χ0v) is 15.4. The molecule has 1 N–H and O–H groups in total. The number of aliphatic hydroxyl groups is 1. The van der Waals surface area contributed by atoms with E-state index in [1.807, 2.05) is 36.4 Å². The Morgan fingerprint density at radius 1 is 1.16 bits per heavy atom. The fraction of sp³-hybridized carbons (Fsp3) is 0.143. The van der Waals surface area contributed by atoms with Crippen LogP contribution < -0.4 is 4.74 Å². The van der Waals surface area contributed by atoms with E-state index in [4.69, 9.17) is 4.74 Å². The van der Waals surface area contributed by atoms with E-state index in [1.165, 1.54) is 0 Å². The van der Waals surface area contributed by atoms with Gasteiger partial charge in [-0.3, -0.25) is 0 Å². The molecule has 2 aromatic rings. The van der Waals surface area contributed by atoms with Gasteiger partial charge in [0, 0.05) is 8.04 Å². The second-order valence-electron chi connectivity index (χ2n) is 3.96. The topological polar surface area (TPSA) is 29.5 Å². The molecule has 0 radical (unpaired) electrons. The first-order valence-corrected chi connectivity index (χ1v) is 8.16. The molecule has 0 aliphatic carbocycles.